The Kier molecular flexibility index (Phi) is 5.71. The zero-order valence-electron chi connectivity index (χ0n) is 14.8. The van der Waals surface area contributed by atoms with Crippen LogP contribution in [0.4, 0.5) is 0 Å². The summed E-state index contributed by atoms with van der Waals surface area (Å²) in [6, 6.07) is 8.17. The molecule has 1 fully saturated rings. The quantitative estimate of drug-likeness (QED) is 0.817. The summed E-state index contributed by atoms with van der Waals surface area (Å²) in [5.41, 5.74) is 2.56. The smallest absolute Gasteiger partial charge is 0.356 e. The predicted molar refractivity (Wildman–Crippen MR) is 94.6 cm³/mol. The monoisotopic (exact) mass is 343 g/mol. The van der Waals surface area contributed by atoms with E-state index < -0.39 is 0 Å². The van der Waals surface area contributed by atoms with Crippen LogP contribution in [0.5, 0.6) is 5.75 Å². The van der Waals surface area contributed by atoms with E-state index in [9.17, 15) is 4.79 Å². The van der Waals surface area contributed by atoms with E-state index >= 15 is 0 Å². The molecule has 6 heteroatoms. The Bertz CT molecular complexity index is 696. The lowest BCUT2D eigenvalue weighted by Gasteiger charge is -2.32. The minimum atomic E-state index is -0.372. The molecule has 0 saturated carbocycles. The van der Waals surface area contributed by atoms with Crippen molar-refractivity contribution in [2.24, 2.45) is 5.92 Å². The normalized spacial score (nSPS) is 18.1. The standard InChI is InChI=1S/C19H25N3O3/c1-14-5-7-17(8-6-14)25-13-15-4-3-9-22(11-15)12-16-10-20-21-18(16)19(23)24-2/h5-8,10,15H,3-4,9,11-13H2,1-2H3,(H,20,21). The van der Waals surface area contributed by atoms with E-state index in [1.54, 1.807) is 6.20 Å². The van der Waals surface area contributed by atoms with Gasteiger partial charge in [0.15, 0.2) is 0 Å². The van der Waals surface area contributed by atoms with Gasteiger partial charge in [0.2, 0.25) is 0 Å². The number of H-pyrrole nitrogens is 1. The number of rotatable bonds is 6. The molecule has 6 nitrogen and oxygen atoms in total. The summed E-state index contributed by atoms with van der Waals surface area (Å²) in [4.78, 5) is 14.1. The second-order valence-electron chi connectivity index (χ2n) is 6.63. The molecule has 2 aromatic rings. The average Bonchev–Trinajstić information content (AvgIpc) is 3.09. The summed E-state index contributed by atoms with van der Waals surface area (Å²) in [6.07, 6.45) is 4.00. The number of nitrogens with one attached hydrogen (secondary N) is 1. The fourth-order valence-electron chi connectivity index (χ4n) is 3.23. The van der Waals surface area contributed by atoms with Gasteiger partial charge in [0.25, 0.3) is 0 Å². The Hall–Kier alpha value is -2.34. The van der Waals surface area contributed by atoms with Crippen LogP contribution in [0.25, 0.3) is 0 Å². The van der Waals surface area contributed by atoms with E-state index in [2.05, 4.69) is 34.2 Å². The number of aryl methyl sites for hydroxylation is 1. The highest BCUT2D eigenvalue weighted by molar-refractivity contribution is 5.88. The third-order valence-corrected chi connectivity index (χ3v) is 4.61. The van der Waals surface area contributed by atoms with E-state index in [1.807, 2.05) is 12.1 Å². The summed E-state index contributed by atoms with van der Waals surface area (Å²) in [6.45, 7) is 5.46. The van der Waals surface area contributed by atoms with Crippen LogP contribution in [-0.4, -0.2) is 47.9 Å². The molecular formula is C19H25N3O3. The van der Waals surface area contributed by atoms with E-state index in [1.165, 1.54) is 12.7 Å². The van der Waals surface area contributed by atoms with Crippen LogP contribution in [0.3, 0.4) is 0 Å². The molecule has 0 spiro atoms. The van der Waals surface area contributed by atoms with Crippen LogP contribution in [-0.2, 0) is 11.3 Å². The van der Waals surface area contributed by atoms with Gasteiger partial charge in [0.05, 0.1) is 19.9 Å². The zero-order valence-corrected chi connectivity index (χ0v) is 14.8. The molecule has 1 aliphatic heterocycles. The van der Waals surface area contributed by atoms with Crippen molar-refractivity contribution in [3.05, 3.63) is 47.3 Å². The molecule has 1 aliphatic rings. The summed E-state index contributed by atoms with van der Waals surface area (Å²) >= 11 is 0. The number of piperidine rings is 1. The highest BCUT2D eigenvalue weighted by atomic mass is 16.5. The molecule has 1 atom stereocenters. The molecule has 1 N–H and O–H groups in total. The predicted octanol–water partition coefficient (Wildman–Crippen LogP) is 2.80. The number of likely N-dealkylation sites (tertiary alicyclic amines) is 1. The second-order valence-corrected chi connectivity index (χ2v) is 6.63. The van der Waals surface area contributed by atoms with Crippen LogP contribution >= 0.6 is 0 Å². The Balaban J connectivity index is 1.53. The Morgan fingerprint density at radius 1 is 1.36 bits per heavy atom. The van der Waals surface area contributed by atoms with E-state index in [0.717, 1.165) is 43.9 Å². The average molecular weight is 343 g/mol. The van der Waals surface area contributed by atoms with Crippen LogP contribution in [0.1, 0.15) is 34.5 Å². The number of hydrogen-bond acceptors (Lipinski definition) is 5. The number of aromatic amines is 1. The van der Waals surface area contributed by atoms with Crippen LogP contribution in [0.15, 0.2) is 30.5 Å². The van der Waals surface area contributed by atoms with Crippen molar-refractivity contribution in [1.82, 2.24) is 15.1 Å². The molecule has 1 aromatic heterocycles. The summed E-state index contributed by atoms with van der Waals surface area (Å²) in [5.74, 6) is 1.04. The van der Waals surface area contributed by atoms with Gasteiger partial charge in [-0.15, -0.1) is 0 Å². The van der Waals surface area contributed by atoms with E-state index in [-0.39, 0.29) is 5.97 Å². The maximum atomic E-state index is 11.8. The van der Waals surface area contributed by atoms with Gasteiger partial charge in [-0.05, 0) is 38.4 Å². The van der Waals surface area contributed by atoms with Crippen molar-refractivity contribution in [2.75, 3.05) is 26.8 Å². The van der Waals surface area contributed by atoms with Crippen molar-refractivity contribution in [3.8, 4) is 5.75 Å². The number of hydrogen-bond donors (Lipinski definition) is 1. The number of ether oxygens (including phenoxy) is 2. The maximum Gasteiger partial charge on any atom is 0.356 e. The Morgan fingerprint density at radius 2 is 2.16 bits per heavy atom. The molecule has 134 valence electrons. The second kappa shape index (κ2) is 8.16. The van der Waals surface area contributed by atoms with E-state index in [4.69, 9.17) is 9.47 Å². The van der Waals surface area contributed by atoms with Gasteiger partial charge in [0, 0.05) is 24.6 Å². The molecule has 3 rings (SSSR count). The number of aromatic nitrogens is 2. The third kappa shape index (κ3) is 4.60. The van der Waals surface area contributed by atoms with Crippen LogP contribution in [0, 0.1) is 12.8 Å². The highest BCUT2D eigenvalue weighted by Gasteiger charge is 2.23. The third-order valence-electron chi connectivity index (χ3n) is 4.61. The fourth-order valence-corrected chi connectivity index (χ4v) is 3.23. The molecule has 1 saturated heterocycles. The first-order valence-corrected chi connectivity index (χ1v) is 8.68. The number of carbonyl (C=O) groups is 1. The molecule has 0 bridgehead atoms. The highest BCUT2D eigenvalue weighted by Crippen LogP contribution is 2.21. The lowest BCUT2D eigenvalue weighted by molar-refractivity contribution is 0.0590. The first-order chi connectivity index (χ1) is 12.2. The van der Waals surface area contributed by atoms with Crippen molar-refractivity contribution >= 4 is 5.97 Å². The minimum Gasteiger partial charge on any atom is -0.493 e. The maximum absolute atomic E-state index is 11.8. The molecule has 0 radical (unpaired) electrons. The molecular weight excluding hydrogens is 318 g/mol. The summed E-state index contributed by atoms with van der Waals surface area (Å²) in [5, 5.41) is 6.71. The molecule has 0 aliphatic carbocycles. The van der Waals surface area contributed by atoms with Crippen molar-refractivity contribution in [1.29, 1.82) is 0 Å². The topological polar surface area (TPSA) is 67.5 Å². The molecule has 2 heterocycles. The van der Waals surface area contributed by atoms with Crippen LogP contribution in [0.2, 0.25) is 0 Å². The lowest BCUT2D eigenvalue weighted by Crippen LogP contribution is -2.37. The first-order valence-electron chi connectivity index (χ1n) is 8.68. The summed E-state index contributed by atoms with van der Waals surface area (Å²) in [7, 11) is 1.38. The van der Waals surface area contributed by atoms with Crippen molar-refractivity contribution in [3.63, 3.8) is 0 Å². The largest absolute Gasteiger partial charge is 0.493 e. The molecule has 1 unspecified atom stereocenters. The van der Waals surface area contributed by atoms with Crippen molar-refractivity contribution < 1.29 is 14.3 Å². The minimum absolute atomic E-state index is 0.372. The molecule has 0 amide bonds. The first kappa shape index (κ1) is 17.5. The number of carbonyl (C=O) groups excluding carboxylic acids is 1. The Labute approximate surface area is 148 Å². The van der Waals surface area contributed by atoms with Gasteiger partial charge in [0.1, 0.15) is 11.4 Å². The van der Waals surface area contributed by atoms with Gasteiger partial charge in [-0.2, -0.15) is 5.10 Å². The van der Waals surface area contributed by atoms with Gasteiger partial charge < -0.3 is 9.47 Å². The van der Waals surface area contributed by atoms with Crippen molar-refractivity contribution in [2.45, 2.75) is 26.3 Å². The number of esters is 1. The number of nitrogens with zero attached hydrogens (tertiary/aromatic N) is 2. The SMILES string of the molecule is COC(=O)c1[nH]ncc1CN1CCCC(COc2ccc(C)cc2)C1. The van der Waals surface area contributed by atoms with E-state index in [0.29, 0.717) is 18.2 Å². The van der Waals surface area contributed by atoms with Crippen LogP contribution < -0.4 is 4.74 Å². The molecule has 1 aromatic carbocycles. The number of methoxy groups -OCH3 is 1. The summed E-state index contributed by atoms with van der Waals surface area (Å²) < 4.78 is 10.7. The lowest BCUT2D eigenvalue weighted by atomic mass is 9.98. The van der Waals surface area contributed by atoms with Gasteiger partial charge >= 0.3 is 5.97 Å². The fraction of sp³-hybridized carbons (Fsp3) is 0.474. The number of benzene rings is 1. The zero-order chi connectivity index (χ0) is 17.6. The van der Waals surface area contributed by atoms with Gasteiger partial charge in [-0.3, -0.25) is 10.00 Å². The molecule has 25 heavy (non-hydrogen) atoms. The van der Waals surface area contributed by atoms with Gasteiger partial charge in [-0.25, -0.2) is 4.79 Å². The Morgan fingerprint density at radius 3 is 2.92 bits per heavy atom. The van der Waals surface area contributed by atoms with Gasteiger partial charge in [-0.1, -0.05) is 17.7 Å².